The molecular formula is C27H23ClN2O5. The van der Waals surface area contributed by atoms with Crippen molar-refractivity contribution in [3.63, 3.8) is 0 Å². The summed E-state index contributed by atoms with van der Waals surface area (Å²) in [5, 5.41) is 12.8. The first kappa shape index (κ1) is 25.3. The van der Waals surface area contributed by atoms with Crippen LogP contribution in [-0.4, -0.2) is 26.1 Å². The maximum absolute atomic E-state index is 12.8. The van der Waals surface area contributed by atoms with E-state index in [1.807, 2.05) is 6.07 Å². The van der Waals surface area contributed by atoms with Crippen molar-refractivity contribution >= 4 is 35.2 Å². The zero-order chi connectivity index (χ0) is 25.4. The van der Waals surface area contributed by atoms with Crippen LogP contribution in [0.15, 0.2) is 66.2 Å². The molecule has 0 unspecified atom stereocenters. The van der Waals surface area contributed by atoms with Crippen LogP contribution in [0.4, 0.5) is 5.69 Å². The number of hydrogen-bond acceptors (Lipinski definition) is 6. The van der Waals surface area contributed by atoms with E-state index >= 15 is 0 Å². The summed E-state index contributed by atoms with van der Waals surface area (Å²) in [6.07, 6.45) is 1.46. The van der Waals surface area contributed by atoms with Gasteiger partial charge in [-0.3, -0.25) is 4.79 Å². The van der Waals surface area contributed by atoms with E-state index in [9.17, 15) is 14.9 Å². The molecule has 178 valence electrons. The monoisotopic (exact) mass is 490 g/mol. The van der Waals surface area contributed by atoms with E-state index in [0.29, 0.717) is 33.3 Å². The Morgan fingerprint density at radius 3 is 2.43 bits per heavy atom. The van der Waals surface area contributed by atoms with Gasteiger partial charge in [0.15, 0.2) is 0 Å². The largest absolute Gasteiger partial charge is 0.495 e. The third-order valence-corrected chi connectivity index (χ3v) is 5.49. The Morgan fingerprint density at radius 1 is 1.06 bits per heavy atom. The van der Waals surface area contributed by atoms with Crippen LogP contribution in [0.5, 0.6) is 11.5 Å². The second-order valence-electron chi connectivity index (χ2n) is 7.44. The first-order valence-corrected chi connectivity index (χ1v) is 10.9. The van der Waals surface area contributed by atoms with Crippen molar-refractivity contribution in [2.75, 3.05) is 19.5 Å². The van der Waals surface area contributed by atoms with Crippen molar-refractivity contribution in [3.05, 3.63) is 93.5 Å². The number of ether oxygens (including phenoxy) is 3. The Balaban J connectivity index is 1.78. The standard InChI is InChI=1S/C27H23ClN2O5/c1-17-12-23(25(33-2)14-22(17)28)30-26(31)21(15-29)13-20-6-4-5-7-24(20)35-16-18-8-10-19(11-9-18)27(32)34-3/h4-14H,16H2,1-3H3,(H,30,31). The molecule has 3 rings (SSSR count). The number of benzene rings is 3. The molecule has 1 N–H and O–H groups in total. The molecule has 0 saturated heterocycles. The van der Waals surface area contributed by atoms with Gasteiger partial charge in [0.1, 0.15) is 29.7 Å². The third-order valence-electron chi connectivity index (χ3n) is 5.08. The summed E-state index contributed by atoms with van der Waals surface area (Å²) in [7, 11) is 2.79. The predicted octanol–water partition coefficient (Wildman–Crippen LogP) is 5.57. The number of rotatable bonds is 8. The zero-order valence-electron chi connectivity index (χ0n) is 19.4. The minimum atomic E-state index is -0.597. The molecule has 0 saturated carbocycles. The topological polar surface area (TPSA) is 97.7 Å². The summed E-state index contributed by atoms with van der Waals surface area (Å²) < 4.78 is 15.9. The number of halogens is 1. The van der Waals surface area contributed by atoms with E-state index in [-0.39, 0.29) is 12.2 Å². The number of aryl methyl sites for hydroxylation is 1. The van der Waals surface area contributed by atoms with Crippen molar-refractivity contribution < 1.29 is 23.8 Å². The summed E-state index contributed by atoms with van der Waals surface area (Å²) in [5.74, 6) is -0.138. The number of anilines is 1. The van der Waals surface area contributed by atoms with Crippen molar-refractivity contribution in [2.45, 2.75) is 13.5 Å². The smallest absolute Gasteiger partial charge is 0.337 e. The Hall–Kier alpha value is -4.28. The summed E-state index contributed by atoms with van der Waals surface area (Å²) in [5.41, 5.74) is 2.88. The minimum Gasteiger partial charge on any atom is -0.495 e. The highest BCUT2D eigenvalue weighted by Crippen LogP contribution is 2.31. The minimum absolute atomic E-state index is 0.113. The van der Waals surface area contributed by atoms with Crippen LogP contribution in [0.25, 0.3) is 6.08 Å². The lowest BCUT2D eigenvalue weighted by atomic mass is 10.1. The van der Waals surface area contributed by atoms with Gasteiger partial charge < -0.3 is 19.5 Å². The van der Waals surface area contributed by atoms with Crippen LogP contribution in [0.1, 0.15) is 27.0 Å². The van der Waals surface area contributed by atoms with Gasteiger partial charge in [-0.1, -0.05) is 41.9 Å². The SMILES string of the molecule is COC(=O)c1ccc(COc2ccccc2C=C(C#N)C(=O)Nc2cc(C)c(Cl)cc2OC)cc1. The van der Waals surface area contributed by atoms with Gasteiger partial charge in [-0.15, -0.1) is 0 Å². The molecule has 0 aliphatic heterocycles. The highest BCUT2D eigenvalue weighted by Gasteiger charge is 2.15. The van der Waals surface area contributed by atoms with E-state index < -0.39 is 11.9 Å². The van der Waals surface area contributed by atoms with Crippen LogP contribution in [-0.2, 0) is 16.1 Å². The molecule has 0 atom stereocenters. The lowest BCUT2D eigenvalue weighted by Crippen LogP contribution is -2.14. The maximum Gasteiger partial charge on any atom is 0.337 e. The Labute approximate surface area is 208 Å². The van der Waals surface area contributed by atoms with E-state index in [4.69, 9.17) is 25.8 Å². The van der Waals surface area contributed by atoms with Crippen LogP contribution in [0.2, 0.25) is 5.02 Å². The molecular weight excluding hydrogens is 468 g/mol. The van der Waals surface area contributed by atoms with E-state index in [1.54, 1.807) is 67.6 Å². The summed E-state index contributed by atoms with van der Waals surface area (Å²) in [4.78, 5) is 24.4. The molecule has 0 radical (unpaired) electrons. The Kier molecular flexibility index (Phi) is 8.49. The fraction of sp³-hybridized carbons (Fsp3) is 0.148. The van der Waals surface area contributed by atoms with Gasteiger partial charge in [0.05, 0.1) is 25.5 Å². The molecule has 8 heteroatoms. The van der Waals surface area contributed by atoms with Crippen LogP contribution in [0, 0.1) is 18.3 Å². The highest BCUT2D eigenvalue weighted by molar-refractivity contribution is 6.31. The van der Waals surface area contributed by atoms with Gasteiger partial charge in [-0.05, 0) is 48.4 Å². The van der Waals surface area contributed by atoms with E-state index in [2.05, 4.69) is 5.32 Å². The first-order chi connectivity index (χ1) is 16.9. The van der Waals surface area contributed by atoms with Crippen LogP contribution in [0.3, 0.4) is 0 Å². The Morgan fingerprint density at radius 2 is 1.77 bits per heavy atom. The lowest BCUT2D eigenvalue weighted by molar-refractivity contribution is -0.112. The molecule has 0 bridgehead atoms. The molecule has 0 aliphatic carbocycles. The first-order valence-electron chi connectivity index (χ1n) is 10.5. The van der Waals surface area contributed by atoms with E-state index in [0.717, 1.165) is 11.1 Å². The Bertz CT molecular complexity index is 1310. The number of amides is 1. The van der Waals surface area contributed by atoms with Crippen molar-refractivity contribution in [3.8, 4) is 17.6 Å². The normalized spacial score (nSPS) is 10.8. The number of nitrogens with zero attached hydrogens (tertiary/aromatic N) is 1. The maximum atomic E-state index is 12.8. The van der Waals surface area contributed by atoms with Gasteiger partial charge in [0, 0.05) is 16.7 Å². The van der Waals surface area contributed by atoms with Gasteiger partial charge in [0.2, 0.25) is 0 Å². The average molecular weight is 491 g/mol. The molecule has 0 aromatic heterocycles. The highest BCUT2D eigenvalue weighted by atomic mass is 35.5. The van der Waals surface area contributed by atoms with Crippen LogP contribution >= 0.6 is 11.6 Å². The second-order valence-corrected chi connectivity index (χ2v) is 7.85. The van der Waals surface area contributed by atoms with Gasteiger partial charge >= 0.3 is 5.97 Å². The van der Waals surface area contributed by atoms with Gasteiger partial charge in [0.25, 0.3) is 5.91 Å². The van der Waals surface area contributed by atoms with Crippen molar-refractivity contribution in [1.29, 1.82) is 5.26 Å². The third kappa shape index (κ3) is 6.40. The number of esters is 1. The number of carbonyl (C=O) groups excluding carboxylic acids is 2. The number of carbonyl (C=O) groups is 2. The quantitative estimate of drug-likeness (QED) is 0.252. The second kappa shape index (κ2) is 11.7. The number of methoxy groups -OCH3 is 2. The molecule has 3 aromatic rings. The summed E-state index contributed by atoms with van der Waals surface area (Å²) in [6, 6.07) is 19.1. The lowest BCUT2D eigenvalue weighted by Gasteiger charge is -2.12. The van der Waals surface area contributed by atoms with Crippen molar-refractivity contribution in [2.24, 2.45) is 0 Å². The van der Waals surface area contributed by atoms with Crippen molar-refractivity contribution in [1.82, 2.24) is 0 Å². The molecule has 3 aromatic carbocycles. The number of nitrogens with one attached hydrogen (secondary N) is 1. The molecule has 1 amide bonds. The molecule has 0 aliphatic rings. The van der Waals surface area contributed by atoms with Crippen LogP contribution < -0.4 is 14.8 Å². The zero-order valence-corrected chi connectivity index (χ0v) is 20.2. The molecule has 35 heavy (non-hydrogen) atoms. The summed E-state index contributed by atoms with van der Waals surface area (Å²) in [6.45, 7) is 2.02. The fourth-order valence-corrected chi connectivity index (χ4v) is 3.32. The van der Waals surface area contributed by atoms with Gasteiger partial charge in [-0.25, -0.2) is 4.79 Å². The molecule has 7 nitrogen and oxygen atoms in total. The van der Waals surface area contributed by atoms with Gasteiger partial charge in [-0.2, -0.15) is 5.26 Å². The fourth-order valence-electron chi connectivity index (χ4n) is 3.17. The molecule has 0 spiro atoms. The molecule has 0 fully saturated rings. The predicted molar refractivity (Wildman–Crippen MR) is 134 cm³/mol. The number of nitriles is 1. The average Bonchev–Trinajstić information content (AvgIpc) is 2.88. The number of para-hydroxylation sites is 1. The van der Waals surface area contributed by atoms with E-state index in [1.165, 1.54) is 20.3 Å². The molecule has 0 heterocycles. The summed E-state index contributed by atoms with van der Waals surface area (Å²) >= 11 is 6.13. The number of hydrogen-bond donors (Lipinski definition) is 1.